The number of halogens is 1. The summed E-state index contributed by atoms with van der Waals surface area (Å²) >= 11 is 0. The number of alkyl halides is 1. The van der Waals surface area contributed by atoms with Gasteiger partial charge in [0.05, 0.1) is 18.9 Å². The molecule has 2 aromatic rings. The van der Waals surface area contributed by atoms with Gasteiger partial charge in [0.2, 0.25) is 5.67 Å². The number of hydrogen-bond acceptors (Lipinski definition) is 6. The van der Waals surface area contributed by atoms with Crippen LogP contribution < -0.4 is 5.73 Å². The Morgan fingerprint density at radius 2 is 2.38 bits per heavy atom. The first-order valence-corrected chi connectivity index (χ1v) is 6.32. The summed E-state index contributed by atoms with van der Waals surface area (Å²) in [7, 11) is 0. The molecule has 112 valence electrons. The van der Waals surface area contributed by atoms with Crippen LogP contribution in [0, 0.1) is 0 Å². The van der Waals surface area contributed by atoms with Gasteiger partial charge in [0.25, 0.3) is 0 Å². The molecule has 1 saturated heterocycles. The number of hydrogen-bond donors (Lipinski definition) is 3. The molecule has 1 aliphatic heterocycles. The lowest BCUT2D eigenvalue weighted by Gasteiger charge is -2.29. The van der Waals surface area contributed by atoms with Gasteiger partial charge in [-0.05, 0) is 12.1 Å². The van der Waals surface area contributed by atoms with E-state index in [-0.39, 0.29) is 11.5 Å². The van der Waals surface area contributed by atoms with Crippen molar-refractivity contribution in [3.8, 4) is 0 Å². The van der Waals surface area contributed by atoms with Gasteiger partial charge in [0.15, 0.2) is 5.82 Å². The van der Waals surface area contributed by atoms with Gasteiger partial charge < -0.3 is 20.7 Å². The lowest BCUT2D eigenvalue weighted by atomic mass is 9.87. The van der Waals surface area contributed by atoms with E-state index in [1.165, 1.54) is 23.0 Å². The maximum absolute atomic E-state index is 15.3. The number of aliphatic hydroxyl groups is 2. The SMILES string of the molecule is C=C[C@]1(CO)OC[C@@](F)(c2ccc3c(N)ncnn23)[C@@H]1O. The first-order chi connectivity index (χ1) is 9.98. The van der Waals surface area contributed by atoms with Gasteiger partial charge in [-0.1, -0.05) is 6.08 Å². The Hall–Kier alpha value is -2.03. The molecule has 0 amide bonds. The fraction of sp³-hybridized carbons (Fsp3) is 0.385. The first-order valence-electron chi connectivity index (χ1n) is 6.32. The number of aliphatic hydroxyl groups excluding tert-OH is 2. The molecule has 21 heavy (non-hydrogen) atoms. The number of ether oxygens (including phenoxy) is 1. The Bertz CT molecular complexity index is 706. The molecule has 0 aliphatic carbocycles. The molecule has 0 saturated carbocycles. The molecule has 0 radical (unpaired) electrons. The lowest BCUT2D eigenvalue weighted by molar-refractivity contribution is -0.0659. The molecule has 1 fully saturated rings. The average Bonchev–Trinajstić information content (AvgIpc) is 3.03. The van der Waals surface area contributed by atoms with Gasteiger partial charge >= 0.3 is 0 Å². The minimum Gasteiger partial charge on any atom is -0.393 e. The maximum atomic E-state index is 15.3. The zero-order valence-corrected chi connectivity index (χ0v) is 11.1. The molecule has 1 aliphatic rings. The van der Waals surface area contributed by atoms with Gasteiger partial charge in [-0.2, -0.15) is 5.10 Å². The Kier molecular flexibility index (Phi) is 2.97. The minimum absolute atomic E-state index is 0.0799. The molecular weight excluding hydrogens is 279 g/mol. The molecule has 4 N–H and O–H groups in total. The Morgan fingerprint density at radius 1 is 1.62 bits per heavy atom. The van der Waals surface area contributed by atoms with E-state index in [2.05, 4.69) is 16.7 Å². The van der Waals surface area contributed by atoms with Crippen LogP contribution >= 0.6 is 0 Å². The number of rotatable bonds is 3. The smallest absolute Gasteiger partial charge is 0.204 e. The molecule has 7 nitrogen and oxygen atoms in total. The van der Waals surface area contributed by atoms with Crippen molar-refractivity contribution in [3.05, 3.63) is 36.8 Å². The molecule has 3 rings (SSSR count). The van der Waals surface area contributed by atoms with E-state index in [9.17, 15) is 10.2 Å². The third kappa shape index (κ3) is 1.70. The van der Waals surface area contributed by atoms with Crippen LogP contribution in [0.2, 0.25) is 0 Å². The second-order valence-corrected chi connectivity index (χ2v) is 5.03. The van der Waals surface area contributed by atoms with Crippen LogP contribution in [-0.4, -0.2) is 49.7 Å². The molecule has 2 aromatic heterocycles. The summed E-state index contributed by atoms with van der Waals surface area (Å²) in [6, 6.07) is 3.02. The highest BCUT2D eigenvalue weighted by atomic mass is 19.1. The summed E-state index contributed by atoms with van der Waals surface area (Å²) in [6.45, 7) is 2.48. The maximum Gasteiger partial charge on any atom is 0.204 e. The molecule has 8 heteroatoms. The molecule has 0 aromatic carbocycles. The van der Waals surface area contributed by atoms with E-state index < -0.39 is 30.6 Å². The van der Waals surface area contributed by atoms with E-state index in [4.69, 9.17) is 10.5 Å². The van der Waals surface area contributed by atoms with Crippen molar-refractivity contribution < 1.29 is 19.3 Å². The predicted octanol–water partition coefficient (Wildman–Crippen LogP) is -0.216. The van der Waals surface area contributed by atoms with Crippen molar-refractivity contribution in [1.82, 2.24) is 14.6 Å². The highest BCUT2D eigenvalue weighted by molar-refractivity contribution is 5.65. The van der Waals surface area contributed by atoms with E-state index >= 15 is 4.39 Å². The monoisotopic (exact) mass is 294 g/mol. The van der Waals surface area contributed by atoms with E-state index in [1.807, 2.05) is 0 Å². The van der Waals surface area contributed by atoms with Crippen molar-refractivity contribution in [1.29, 1.82) is 0 Å². The summed E-state index contributed by atoms with van der Waals surface area (Å²) in [5.41, 5.74) is 2.42. The average molecular weight is 294 g/mol. The standard InChI is InChI=1S/C13H15FN4O3/c1-2-12(5-19)11(20)13(14,6-21-12)9-4-3-8-10(15)16-7-17-18(8)9/h2-4,7,11,19-20H,1,5-6H2,(H2,15,16,17)/t11-,12-,13-/m1/s1. The fourth-order valence-corrected chi connectivity index (χ4v) is 2.63. The van der Waals surface area contributed by atoms with Crippen LogP contribution in [0.5, 0.6) is 0 Å². The van der Waals surface area contributed by atoms with Gasteiger partial charge in [-0.25, -0.2) is 13.9 Å². The van der Waals surface area contributed by atoms with Crippen molar-refractivity contribution in [2.24, 2.45) is 0 Å². The van der Waals surface area contributed by atoms with Crippen molar-refractivity contribution >= 4 is 11.3 Å². The number of nitrogens with two attached hydrogens (primary N) is 1. The predicted molar refractivity (Wildman–Crippen MR) is 72.2 cm³/mol. The third-order valence-electron chi connectivity index (χ3n) is 3.95. The normalized spacial score (nSPS) is 32.6. The highest BCUT2D eigenvalue weighted by Crippen LogP contribution is 2.44. The van der Waals surface area contributed by atoms with Gasteiger partial charge in [0.1, 0.15) is 23.5 Å². The fourth-order valence-electron chi connectivity index (χ4n) is 2.63. The number of aromatic nitrogens is 3. The van der Waals surface area contributed by atoms with Gasteiger partial charge in [-0.3, -0.25) is 0 Å². The topological polar surface area (TPSA) is 106 Å². The second kappa shape index (κ2) is 4.48. The zero-order valence-electron chi connectivity index (χ0n) is 11.1. The van der Waals surface area contributed by atoms with Crippen LogP contribution in [0.1, 0.15) is 5.69 Å². The molecule has 3 heterocycles. The number of anilines is 1. The Labute approximate surface area is 119 Å². The zero-order chi connectivity index (χ0) is 15.3. The first kappa shape index (κ1) is 13.9. The lowest BCUT2D eigenvalue weighted by Crippen LogP contribution is -2.48. The highest BCUT2D eigenvalue weighted by Gasteiger charge is 2.59. The molecule has 0 unspecified atom stereocenters. The van der Waals surface area contributed by atoms with Crippen molar-refractivity contribution in [3.63, 3.8) is 0 Å². The van der Waals surface area contributed by atoms with Gasteiger partial charge in [0, 0.05) is 0 Å². The van der Waals surface area contributed by atoms with Crippen LogP contribution in [0.15, 0.2) is 31.1 Å². The molecular formula is C13H15FN4O3. The Morgan fingerprint density at radius 3 is 3.00 bits per heavy atom. The van der Waals surface area contributed by atoms with Crippen molar-refractivity contribution in [2.45, 2.75) is 17.4 Å². The number of nitrogen functional groups attached to an aromatic ring is 1. The molecule has 3 atom stereocenters. The van der Waals surface area contributed by atoms with E-state index in [0.717, 1.165) is 0 Å². The molecule has 0 spiro atoms. The summed E-state index contributed by atoms with van der Waals surface area (Å²) in [4.78, 5) is 3.82. The van der Waals surface area contributed by atoms with E-state index in [1.54, 1.807) is 6.07 Å². The van der Waals surface area contributed by atoms with Crippen LogP contribution in [0.3, 0.4) is 0 Å². The quantitative estimate of drug-likeness (QED) is 0.676. The number of nitrogens with zero attached hydrogens (tertiary/aromatic N) is 3. The minimum atomic E-state index is -2.25. The van der Waals surface area contributed by atoms with Gasteiger partial charge in [-0.15, -0.1) is 6.58 Å². The largest absolute Gasteiger partial charge is 0.393 e. The summed E-state index contributed by atoms with van der Waals surface area (Å²) in [5.74, 6) is 0.199. The number of fused-ring (bicyclic) bond motifs is 1. The summed E-state index contributed by atoms with van der Waals surface area (Å²) in [5, 5.41) is 23.7. The van der Waals surface area contributed by atoms with Crippen molar-refractivity contribution in [2.75, 3.05) is 18.9 Å². The van der Waals surface area contributed by atoms with Crippen LogP contribution in [-0.2, 0) is 10.4 Å². The summed E-state index contributed by atoms with van der Waals surface area (Å²) in [6.07, 6.45) is 0.782. The third-order valence-corrected chi connectivity index (χ3v) is 3.95. The van der Waals surface area contributed by atoms with Crippen LogP contribution in [0.25, 0.3) is 5.52 Å². The Balaban J connectivity index is 2.14. The van der Waals surface area contributed by atoms with Crippen LogP contribution in [0.4, 0.5) is 10.2 Å². The van der Waals surface area contributed by atoms with E-state index in [0.29, 0.717) is 5.52 Å². The molecule has 0 bridgehead atoms. The second-order valence-electron chi connectivity index (χ2n) is 5.03. The summed E-state index contributed by atoms with van der Waals surface area (Å²) < 4.78 is 21.9.